The zero-order valence-corrected chi connectivity index (χ0v) is 17.8. The summed E-state index contributed by atoms with van der Waals surface area (Å²) in [5.74, 6) is 0.161. The monoisotopic (exact) mass is 446 g/mol. The van der Waals surface area contributed by atoms with E-state index in [0.717, 1.165) is 0 Å². The third-order valence-corrected chi connectivity index (χ3v) is 5.63. The van der Waals surface area contributed by atoms with Crippen molar-refractivity contribution < 1.29 is 14.0 Å². The van der Waals surface area contributed by atoms with Gasteiger partial charge < -0.3 is 9.88 Å². The van der Waals surface area contributed by atoms with Crippen LogP contribution in [0.5, 0.6) is 0 Å². The van der Waals surface area contributed by atoms with Crippen molar-refractivity contribution in [2.45, 2.75) is 31.5 Å². The number of para-hydroxylation sites is 1. The second-order valence-electron chi connectivity index (χ2n) is 6.39. The van der Waals surface area contributed by atoms with Crippen LogP contribution in [-0.2, 0) is 17.8 Å². The van der Waals surface area contributed by atoms with Crippen molar-refractivity contribution in [1.82, 2.24) is 14.8 Å². The molecule has 6 nitrogen and oxygen atoms in total. The second kappa shape index (κ2) is 10.4. The smallest absolute Gasteiger partial charge is 0.224 e. The zero-order chi connectivity index (χ0) is 21.5. The Bertz CT molecular complexity index is 1040. The number of rotatable bonds is 9. The minimum Gasteiger partial charge on any atom is -0.325 e. The highest BCUT2D eigenvalue weighted by Gasteiger charge is 2.15. The fourth-order valence-corrected chi connectivity index (χ4v) is 3.88. The molecule has 30 heavy (non-hydrogen) atoms. The number of anilines is 1. The fourth-order valence-electron chi connectivity index (χ4n) is 2.78. The average molecular weight is 447 g/mol. The van der Waals surface area contributed by atoms with Gasteiger partial charge in [0.1, 0.15) is 11.6 Å². The number of nitrogens with one attached hydrogen (secondary N) is 1. The summed E-state index contributed by atoms with van der Waals surface area (Å²) in [7, 11) is 0. The number of nitrogens with zero attached hydrogens (tertiary/aromatic N) is 3. The molecule has 0 radical (unpaired) electrons. The first-order valence-corrected chi connectivity index (χ1v) is 10.7. The molecule has 0 saturated carbocycles. The lowest BCUT2D eigenvalue weighted by molar-refractivity contribution is -0.116. The van der Waals surface area contributed by atoms with E-state index < -0.39 is 0 Å². The Labute approximate surface area is 182 Å². The van der Waals surface area contributed by atoms with Crippen LogP contribution in [0.25, 0.3) is 0 Å². The Morgan fingerprint density at radius 3 is 2.57 bits per heavy atom. The van der Waals surface area contributed by atoms with E-state index in [1.807, 2.05) is 11.5 Å². The number of Topliss-reactive ketones (excluding diaryl/α,β-unsaturated/α-hetero) is 1. The van der Waals surface area contributed by atoms with E-state index in [4.69, 9.17) is 11.6 Å². The van der Waals surface area contributed by atoms with Crippen LogP contribution in [0.2, 0.25) is 5.02 Å². The Morgan fingerprint density at radius 2 is 1.87 bits per heavy atom. The number of hydrogen-bond donors (Lipinski definition) is 1. The van der Waals surface area contributed by atoms with Gasteiger partial charge in [0.05, 0.1) is 16.5 Å². The molecule has 1 heterocycles. The Hall–Kier alpha value is -2.71. The molecule has 0 aliphatic rings. The molecule has 0 aliphatic carbocycles. The highest BCUT2D eigenvalue weighted by atomic mass is 35.5. The third kappa shape index (κ3) is 5.67. The largest absolute Gasteiger partial charge is 0.325 e. The quantitative estimate of drug-likeness (QED) is 0.383. The van der Waals surface area contributed by atoms with Gasteiger partial charge in [-0.3, -0.25) is 9.59 Å². The molecule has 0 saturated heterocycles. The van der Waals surface area contributed by atoms with Crippen LogP contribution in [0.3, 0.4) is 0 Å². The van der Waals surface area contributed by atoms with Crippen LogP contribution in [0, 0.1) is 5.82 Å². The highest BCUT2D eigenvalue weighted by Crippen LogP contribution is 2.22. The fraction of sp³-hybridized carbons (Fsp3) is 0.238. The van der Waals surface area contributed by atoms with Gasteiger partial charge in [-0.1, -0.05) is 35.5 Å². The van der Waals surface area contributed by atoms with Crippen LogP contribution < -0.4 is 5.32 Å². The van der Waals surface area contributed by atoms with Crippen LogP contribution in [-0.4, -0.2) is 32.2 Å². The minimum atomic E-state index is -0.381. The number of amides is 1. The number of benzene rings is 2. The maximum Gasteiger partial charge on any atom is 0.224 e. The van der Waals surface area contributed by atoms with Crippen molar-refractivity contribution >= 4 is 40.7 Å². The summed E-state index contributed by atoms with van der Waals surface area (Å²) < 4.78 is 14.9. The Morgan fingerprint density at radius 1 is 1.13 bits per heavy atom. The minimum absolute atomic E-state index is 0.119. The van der Waals surface area contributed by atoms with Gasteiger partial charge in [-0.05, 0) is 43.3 Å². The first-order chi connectivity index (χ1) is 14.5. The Kier molecular flexibility index (Phi) is 7.59. The van der Waals surface area contributed by atoms with Crippen LogP contribution in [0.1, 0.15) is 29.5 Å². The highest BCUT2D eigenvalue weighted by molar-refractivity contribution is 7.99. The number of carbonyl (C=O) groups excluding carboxylic acids is 2. The average Bonchev–Trinajstić information content (AvgIpc) is 3.14. The third-order valence-electron chi connectivity index (χ3n) is 4.33. The number of thioether (sulfide) groups is 1. The van der Waals surface area contributed by atoms with Crippen LogP contribution in [0.4, 0.5) is 10.1 Å². The maximum absolute atomic E-state index is 13.0. The molecule has 0 spiro atoms. The first kappa shape index (κ1) is 22.0. The summed E-state index contributed by atoms with van der Waals surface area (Å²) in [6, 6.07) is 12.5. The Balaban J connectivity index is 1.57. The van der Waals surface area contributed by atoms with E-state index in [1.54, 1.807) is 24.3 Å². The van der Waals surface area contributed by atoms with Gasteiger partial charge in [0.25, 0.3) is 0 Å². The molecule has 0 unspecified atom stereocenters. The summed E-state index contributed by atoms with van der Waals surface area (Å²) in [6.45, 7) is 2.56. The van der Waals surface area contributed by atoms with E-state index in [2.05, 4.69) is 15.5 Å². The van der Waals surface area contributed by atoms with Gasteiger partial charge in [-0.2, -0.15) is 0 Å². The molecule has 3 rings (SSSR count). The topological polar surface area (TPSA) is 76.9 Å². The molecule has 1 amide bonds. The van der Waals surface area contributed by atoms with Gasteiger partial charge in [-0.15, -0.1) is 10.2 Å². The number of carbonyl (C=O) groups is 2. The molecule has 1 N–H and O–H groups in total. The first-order valence-electron chi connectivity index (χ1n) is 9.36. The molecule has 156 valence electrons. The zero-order valence-electron chi connectivity index (χ0n) is 16.3. The molecular formula is C21H20ClFN4O2S. The SMILES string of the molecule is CCn1c(CCC(=O)Nc2ccccc2Cl)nnc1SCC(=O)c1ccc(F)cc1. The summed E-state index contributed by atoms with van der Waals surface area (Å²) in [6.07, 6.45) is 0.631. The summed E-state index contributed by atoms with van der Waals surface area (Å²) >= 11 is 7.33. The van der Waals surface area contributed by atoms with Gasteiger partial charge in [0.2, 0.25) is 5.91 Å². The van der Waals surface area contributed by atoms with Crippen molar-refractivity contribution in [2.75, 3.05) is 11.1 Å². The van der Waals surface area contributed by atoms with E-state index in [0.29, 0.717) is 40.2 Å². The summed E-state index contributed by atoms with van der Waals surface area (Å²) in [5, 5.41) is 12.2. The van der Waals surface area contributed by atoms with Crippen LogP contribution in [0.15, 0.2) is 53.7 Å². The molecule has 3 aromatic rings. The van der Waals surface area contributed by atoms with Crippen molar-refractivity contribution in [3.8, 4) is 0 Å². The van der Waals surface area contributed by atoms with Crippen molar-refractivity contribution in [1.29, 1.82) is 0 Å². The number of aryl methyl sites for hydroxylation is 1. The van der Waals surface area contributed by atoms with E-state index in [-0.39, 0.29) is 29.7 Å². The van der Waals surface area contributed by atoms with E-state index >= 15 is 0 Å². The van der Waals surface area contributed by atoms with Crippen molar-refractivity contribution in [3.63, 3.8) is 0 Å². The summed E-state index contributed by atoms with van der Waals surface area (Å²) in [4.78, 5) is 24.5. The van der Waals surface area contributed by atoms with E-state index in [9.17, 15) is 14.0 Å². The molecule has 0 atom stereocenters. The van der Waals surface area contributed by atoms with Gasteiger partial charge >= 0.3 is 0 Å². The molecule has 0 fully saturated rings. The predicted octanol–water partition coefficient (Wildman–Crippen LogP) is 4.64. The van der Waals surface area contributed by atoms with Gasteiger partial charge in [0.15, 0.2) is 10.9 Å². The molecule has 9 heteroatoms. The number of ketones is 1. The van der Waals surface area contributed by atoms with Gasteiger partial charge in [0, 0.05) is 24.9 Å². The van der Waals surface area contributed by atoms with Gasteiger partial charge in [-0.25, -0.2) is 4.39 Å². The second-order valence-corrected chi connectivity index (χ2v) is 7.74. The van der Waals surface area contributed by atoms with Crippen molar-refractivity contribution in [2.24, 2.45) is 0 Å². The maximum atomic E-state index is 13.0. The molecule has 2 aromatic carbocycles. The normalized spacial score (nSPS) is 10.8. The lowest BCUT2D eigenvalue weighted by atomic mass is 10.1. The molecule has 1 aromatic heterocycles. The number of hydrogen-bond acceptors (Lipinski definition) is 5. The standard InChI is InChI=1S/C21H20ClFN4O2S/c1-2-27-19(11-12-20(29)24-17-6-4-3-5-16(17)22)25-26-21(27)30-13-18(28)14-7-9-15(23)10-8-14/h3-10H,2,11-13H2,1H3,(H,24,29). The van der Waals surface area contributed by atoms with Crippen LogP contribution >= 0.6 is 23.4 Å². The number of aromatic nitrogens is 3. The molecular weight excluding hydrogens is 427 g/mol. The summed E-state index contributed by atoms with van der Waals surface area (Å²) in [5.41, 5.74) is 1.01. The molecule has 0 aliphatic heterocycles. The molecule has 0 bridgehead atoms. The number of halogens is 2. The predicted molar refractivity (Wildman–Crippen MR) is 116 cm³/mol. The van der Waals surface area contributed by atoms with E-state index in [1.165, 1.54) is 36.0 Å². The lowest BCUT2D eigenvalue weighted by Gasteiger charge is -2.08. The lowest BCUT2D eigenvalue weighted by Crippen LogP contribution is -2.14. The van der Waals surface area contributed by atoms with Crippen molar-refractivity contribution in [3.05, 3.63) is 70.8 Å².